The number of hydrogen-bond donors (Lipinski definition) is 0. The van der Waals surface area contributed by atoms with Crippen LogP contribution in [0.25, 0.3) is 0 Å². The highest BCUT2D eigenvalue weighted by atomic mass is 79.9. The lowest BCUT2D eigenvalue weighted by atomic mass is 9.75. The molecular weight excluding hydrogens is 256 g/mol. The molecular formula is C11H21BrN2O. The third-order valence-electron chi connectivity index (χ3n) is 3.48. The van der Waals surface area contributed by atoms with Gasteiger partial charge in [0.15, 0.2) is 0 Å². The van der Waals surface area contributed by atoms with Crippen molar-refractivity contribution in [1.29, 1.82) is 0 Å². The van der Waals surface area contributed by atoms with Gasteiger partial charge in [-0.3, -0.25) is 4.79 Å². The molecule has 0 N–H and O–H groups in total. The Morgan fingerprint density at radius 1 is 1.40 bits per heavy atom. The molecule has 0 aromatic rings. The van der Waals surface area contributed by atoms with Gasteiger partial charge in [0.05, 0.1) is 4.83 Å². The Labute approximate surface area is 101 Å². The molecule has 4 heteroatoms. The number of amides is 1. The number of hydrogen-bond acceptors (Lipinski definition) is 2. The van der Waals surface area contributed by atoms with Crippen molar-refractivity contribution < 1.29 is 4.79 Å². The SMILES string of the molecule is CC(Br)C(=O)N(C)CC1(N(C)C)CCC1. The van der Waals surface area contributed by atoms with Crippen LogP contribution in [0, 0.1) is 0 Å². The fourth-order valence-electron chi connectivity index (χ4n) is 2.15. The third-order valence-corrected chi connectivity index (χ3v) is 3.87. The van der Waals surface area contributed by atoms with Crippen LogP contribution in [0.5, 0.6) is 0 Å². The average Bonchev–Trinajstić information content (AvgIpc) is 2.08. The largest absolute Gasteiger partial charge is 0.343 e. The second-order valence-corrected chi connectivity index (χ2v) is 6.16. The van der Waals surface area contributed by atoms with Crippen LogP contribution in [0.3, 0.4) is 0 Å². The van der Waals surface area contributed by atoms with E-state index in [1.807, 2.05) is 18.9 Å². The molecule has 0 aromatic carbocycles. The molecule has 0 saturated heterocycles. The molecule has 88 valence electrons. The summed E-state index contributed by atoms with van der Waals surface area (Å²) < 4.78 is 0. The summed E-state index contributed by atoms with van der Waals surface area (Å²) in [5, 5.41) is 0. The molecule has 1 unspecified atom stereocenters. The monoisotopic (exact) mass is 276 g/mol. The number of likely N-dealkylation sites (N-methyl/N-ethyl adjacent to an activating group) is 2. The highest BCUT2D eigenvalue weighted by molar-refractivity contribution is 9.10. The minimum atomic E-state index is -0.0817. The van der Waals surface area contributed by atoms with Gasteiger partial charge in [-0.05, 0) is 40.3 Å². The van der Waals surface area contributed by atoms with Crippen molar-refractivity contribution in [3.63, 3.8) is 0 Å². The lowest BCUT2D eigenvalue weighted by molar-refractivity contribution is -0.131. The van der Waals surface area contributed by atoms with Gasteiger partial charge in [0.2, 0.25) is 5.91 Å². The Morgan fingerprint density at radius 3 is 2.20 bits per heavy atom. The number of halogens is 1. The predicted molar refractivity (Wildman–Crippen MR) is 66.3 cm³/mol. The molecule has 15 heavy (non-hydrogen) atoms. The molecule has 0 spiro atoms. The molecule has 1 rings (SSSR count). The zero-order valence-corrected chi connectivity index (χ0v) is 11.7. The van der Waals surface area contributed by atoms with E-state index in [4.69, 9.17) is 0 Å². The van der Waals surface area contributed by atoms with Gasteiger partial charge in [-0.1, -0.05) is 15.9 Å². The smallest absolute Gasteiger partial charge is 0.235 e. The first-order valence-corrected chi connectivity index (χ1v) is 6.37. The van der Waals surface area contributed by atoms with Crippen molar-refractivity contribution in [1.82, 2.24) is 9.80 Å². The van der Waals surface area contributed by atoms with Crippen LogP contribution in [-0.4, -0.2) is 53.8 Å². The first-order valence-electron chi connectivity index (χ1n) is 5.45. The van der Waals surface area contributed by atoms with Gasteiger partial charge in [0.1, 0.15) is 0 Å². The van der Waals surface area contributed by atoms with E-state index in [9.17, 15) is 4.79 Å². The quantitative estimate of drug-likeness (QED) is 0.730. The van der Waals surface area contributed by atoms with E-state index >= 15 is 0 Å². The molecule has 1 aliphatic rings. The van der Waals surface area contributed by atoms with Gasteiger partial charge in [-0.15, -0.1) is 0 Å². The summed E-state index contributed by atoms with van der Waals surface area (Å²) in [6.45, 7) is 2.72. The number of alkyl halides is 1. The Morgan fingerprint density at radius 2 is 1.93 bits per heavy atom. The highest BCUT2D eigenvalue weighted by Crippen LogP contribution is 2.36. The molecule has 1 fully saturated rings. The number of carbonyl (C=O) groups excluding carboxylic acids is 1. The summed E-state index contributed by atoms with van der Waals surface area (Å²) in [5.74, 6) is 0.170. The van der Waals surface area contributed by atoms with Gasteiger partial charge in [0, 0.05) is 19.1 Å². The van der Waals surface area contributed by atoms with Gasteiger partial charge in [-0.2, -0.15) is 0 Å². The van der Waals surface area contributed by atoms with Crippen LogP contribution in [0.15, 0.2) is 0 Å². The lowest BCUT2D eigenvalue weighted by Gasteiger charge is -2.49. The minimum absolute atomic E-state index is 0.0817. The van der Waals surface area contributed by atoms with Crippen molar-refractivity contribution in [3.05, 3.63) is 0 Å². The van der Waals surface area contributed by atoms with Crippen molar-refractivity contribution in [2.45, 2.75) is 36.6 Å². The molecule has 0 heterocycles. The van der Waals surface area contributed by atoms with E-state index in [1.165, 1.54) is 19.3 Å². The average molecular weight is 277 g/mol. The van der Waals surface area contributed by atoms with Crippen LogP contribution >= 0.6 is 15.9 Å². The maximum absolute atomic E-state index is 11.7. The van der Waals surface area contributed by atoms with Crippen LogP contribution < -0.4 is 0 Å². The molecule has 0 aromatic heterocycles. The molecule has 1 amide bonds. The molecule has 3 nitrogen and oxygen atoms in total. The molecule has 0 aliphatic heterocycles. The van der Waals surface area contributed by atoms with Crippen molar-refractivity contribution in [3.8, 4) is 0 Å². The fourth-order valence-corrected chi connectivity index (χ4v) is 2.50. The van der Waals surface area contributed by atoms with E-state index in [0.717, 1.165) is 6.54 Å². The summed E-state index contributed by atoms with van der Waals surface area (Å²) in [5.41, 5.74) is 0.228. The van der Waals surface area contributed by atoms with E-state index < -0.39 is 0 Å². The van der Waals surface area contributed by atoms with E-state index in [1.54, 1.807) is 0 Å². The number of carbonyl (C=O) groups is 1. The second-order valence-electron chi connectivity index (χ2n) is 4.78. The van der Waals surface area contributed by atoms with Crippen LogP contribution in [0.2, 0.25) is 0 Å². The predicted octanol–water partition coefficient (Wildman–Crippen LogP) is 1.71. The summed E-state index contributed by atoms with van der Waals surface area (Å²) in [4.78, 5) is 15.8. The summed E-state index contributed by atoms with van der Waals surface area (Å²) in [6, 6.07) is 0. The topological polar surface area (TPSA) is 23.6 Å². The molecule has 0 bridgehead atoms. The fraction of sp³-hybridized carbons (Fsp3) is 0.909. The maximum atomic E-state index is 11.7. The summed E-state index contributed by atoms with van der Waals surface area (Å²) in [7, 11) is 6.10. The number of nitrogens with zero attached hydrogens (tertiary/aromatic N) is 2. The maximum Gasteiger partial charge on any atom is 0.235 e. The molecule has 0 radical (unpaired) electrons. The van der Waals surface area contributed by atoms with Gasteiger partial charge < -0.3 is 9.80 Å². The van der Waals surface area contributed by atoms with Gasteiger partial charge in [0.25, 0.3) is 0 Å². The Bertz CT molecular complexity index is 237. The van der Waals surface area contributed by atoms with Gasteiger partial charge >= 0.3 is 0 Å². The second kappa shape index (κ2) is 4.83. The molecule has 1 saturated carbocycles. The standard InChI is InChI=1S/C11H21BrN2O/c1-9(12)10(15)14(4)8-11(13(2)3)6-5-7-11/h9H,5-8H2,1-4H3. The Hall–Kier alpha value is -0.0900. The van der Waals surface area contributed by atoms with Gasteiger partial charge in [-0.25, -0.2) is 0 Å². The van der Waals surface area contributed by atoms with Crippen LogP contribution in [-0.2, 0) is 4.79 Å². The first-order chi connectivity index (χ1) is 6.89. The normalized spacial score (nSPS) is 20.9. The first kappa shape index (κ1) is 13.0. The highest BCUT2D eigenvalue weighted by Gasteiger charge is 2.40. The minimum Gasteiger partial charge on any atom is -0.343 e. The van der Waals surface area contributed by atoms with E-state index in [-0.39, 0.29) is 16.3 Å². The van der Waals surface area contributed by atoms with E-state index in [0.29, 0.717) is 0 Å². The number of rotatable bonds is 4. The summed E-state index contributed by atoms with van der Waals surface area (Å²) >= 11 is 3.32. The molecule has 1 aliphatic carbocycles. The van der Waals surface area contributed by atoms with Crippen molar-refractivity contribution in [2.24, 2.45) is 0 Å². The van der Waals surface area contributed by atoms with Crippen molar-refractivity contribution in [2.75, 3.05) is 27.7 Å². The van der Waals surface area contributed by atoms with Crippen LogP contribution in [0.4, 0.5) is 0 Å². The lowest BCUT2D eigenvalue weighted by Crippen LogP contribution is -2.58. The Kier molecular flexibility index (Phi) is 4.18. The summed E-state index contributed by atoms with van der Waals surface area (Å²) in [6.07, 6.45) is 3.69. The zero-order valence-electron chi connectivity index (χ0n) is 10.1. The third kappa shape index (κ3) is 2.72. The zero-order chi connectivity index (χ0) is 11.6. The molecule has 1 atom stereocenters. The van der Waals surface area contributed by atoms with E-state index in [2.05, 4.69) is 34.9 Å². The Balaban J connectivity index is 2.56. The van der Waals surface area contributed by atoms with Crippen molar-refractivity contribution >= 4 is 21.8 Å². The van der Waals surface area contributed by atoms with Crippen LogP contribution in [0.1, 0.15) is 26.2 Å².